The van der Waals surface area contributed by atoms with Crippen molar-refractivity contribution in [3.05, 3.63) is 53.1 Å². The van der Waals surface area contributed by atoms with E-state index in [9.17, 15) is 9.59 Å². The number of methoxy groups -OCH3 is 2. The molecular weight excluding hydrogens is 368 g/mol. The maximum atomic E-state index is 13.1. The van der Waals surface area contributed by atoms with E-state index in [1.165, 1.54) is 0 Å². The molecule has 6 heteroatoms. The molecule has 0 radical (unpaired) electrons. The zero-order valence-electron chi connectivity index (χ0n) is 17.7. The second kappa shape index (κ2) is 8.15. The number of hydrogen-bond donors (Lipinski definition) is 1. The van der Waals surface area contributed by atoms with Gasteiger partial charge >= 0.3 is 0 Å². The molecule has 2 aromatic carbocycles. The van der Waals surface area contributed by atoms with Crippen molar-refractivity contribution in [3.63, 3.8) is 0 Å². The maximum Gasteiger partial charge on any atom is 0.254 e. The first-order valence-electron chi connectivity index (χ1n) is 9.67. The molecule has 154 valence electrons. The second-order valence-electron chi connectivity index (χ2n) is 8.24. The second-order valence-corrected chi connectivity index (χ2v) is 8.24. The van der Waals surface area contributed by atoms with Crippen LogP contribution in [0, 0.1) is 5.41 Å². The Bertz CT molecular complexity index is 931. The smallest absolute Gasteiger partial charge is 0.254 e. The van der Waals surface area contributed by atoms with Crippen LogP contribution < -0.4 is 14.8 Å². The van der Waals surface area contributed by atoms with Gasteiger partial charge in [-0.05, 0) is 47.9 Å². The van der Waals surface area contributed by atoms with Gasteiger partial charge in [0.05, 0.1) is 14.2 Å². The van der Waals surface area contributed by atoms with Crippen LogP contribution in [0.2, 0.25) is 0 Å². The van der Waals surface area contributed by atoms with Crippen LogP contribution >= 0.6 is 0 Å². The van der Waals surface area contributed by atoms with E-state index < -0.39 is 5.41 Å². The Balaban J connectivity index is 1.78. The van der Waals surface area contributed by atoms with Crippen molar-refractivity contribution in [2.24, 2.45) is 5.41 Å². The summed E-state index contributed by atoms with van der Waals surface area (Å²) in [6.45, 7) is 6.69. The van der Waals surface area contributed by atoms with Gasteiger partial charge < -0.3 is 19.7 Å². The Hall–Kier alpha value is -3.02. The first kappa shape index (κ1) is 20.7. The predicted octanol–water partition coefficient (Wildman–Crippen LogP) is 3.89. The molecule has 0 aromatic heterocycles. The fourth-order valence-electron chi connectivity index (χ4n) is 3.29. The molecule has 6 nitrogen and oxygen atoms in total. The standard InChI is InChI=1S/C23H28N2O4/c1-23(2,3)22(27)24-18-8-6-7-16(11-18)21(26)25-10-9-15-12-19(28-4)20(29-5)13-17(15)14-25/h6-8,11-13H,9-10,14H2,1-5H3,(H,24,27). The molecule has 0 unspecified atom stereocenters. The van der Waals surface area contributed by atoms with Gasteiger partial charge in [0.15, 0.2) is 11.5 Å². The molecule has 1 aliphatic rings. The van der Waals surface area contributed by atoms with Gasteiger partial charge in [-0.2, -0.15) is 0 Å². The van der Waals surface area contributed by atoms with Crippen molar-refractivity contribution in [2.75, 3.05) is 26.1 Å². The van der Waals surface area contributed by atoms with Gasteiger partial charge in [0.1, 0.15) is 0 Å². The summed E-state index contributed by atoms with van der Waals surface area (Å²) in [4.78, 5) is 27.1. The first-order valence-corrected chi connectivity index (χ1v) is 9.67. The Morgan fingerprint density at radius 1 is 1.00 bits per heavy atom. The number of rotatable bonds is 4. The number of fused-ring (bicyclic) bond motifs is 1. The topological polar surface area (TPSA) is 67.9 Å². The van der Waals surface area contributed by atoms with E-state index in [0.29, 0.717) is 35.8 Å². The molecule has 1 N–H and O–H groups in total. The maximum absolute atomic E-state index is 13.1. The monoisotopic (exact) mass is 396 g/mol. The zero-order valence-corrected chi connectivity index (χ0v) is 17.7. The van der Waals surface area contributed by atoms with E-state index >= 15 is 0 Å². The van der Waals surface area contributed by atoms with Crippen LogP contribution in [0.5, 0.6) is 11.5 Å². The molecule has 0 spiro atoms. The lowest BCUT2D eigenvalue weighted by molar-refractivity contribution is -0.123. The molecule has 2 amide bonds. The van der Waals surface area contributed by atoms with Gasteiger partial charge in [-0.1, -0.05) is 26.8 Å². The summed E-state index contributed by atoms with van der Waals surface area (Å²) in [5.41, 5.74) is 2.90. The quantitative estimate of drug-likeness (QED) is 0.851. The molecule has 0 atom stereocenters. The van der Waals surface area contributed by atoms with Crippen LogP contribution in [0.3, 0.4) is 0 Å². The highest BCUT2D eigenvalue weighted by Crippen LogP contribution is 2.33. The van der Waals surface area contributed by atoms with Crippen molar-refractivity contribution in [1.29, 1.82) is 0 Å². The molecule has 0 saturated carbocycles. The summed E-state index contributed by atoms with van der Waals surface area (Å²) in [6, 6.07) is 11.0. The summed E-state index contributed by atoms with van der Waals surface area (Å²) in [5, 5.41) is 2.88. The molecule has 1 heterocycles. The lowest BCUT2D eigenvalue weighted by atomic mass is 9.95. The minimum absolute atomic E-state index is 0.0581. The Labute approximate surface area is 171 Å². The molecule has 2 aromatic rings. The number of carbonyl (C=O) groups is 2. The van der Waals surface area contributed by atoms with E-state index in [-0.39, 0.29) is 11.8 Å². The number of benzene rings is 2. The number of carbonyl (C=O) groups excluding carboxylic acids is 2. The largest absolute Gasteiger partial charge is 0.493 e. The third-order valence-electron chi connectivity index (χ3n) is 5.05. The lowest BCUT2D eigenvalue weighted by Crippen LogP contribution is -2.36. The van der Waals surface area contributed by atoms with Gasteiger partial charge in [0, 0.05) is 29.8 Å². The van der Waals surface area contributed by atoms with Gasteiger partial charge in [-0.15, -0.1) is 0 Å². The molecule has 1 aliphatic heterocycles. The van der Waals surface area contributed by atoms with E-state index in [0.717, 1.165) is 17.5 Å². The summed E-state index contributed by atoms with van der Waals surface area (Å²) in [5.74, 6) is 1.22. The van der Waals surface area contributed by atoms with Crippen LogP contribution in [0.15, 0.2) is 36.4 Å². The Morgan fingerprint density at radius 2 is 1.66 bits per heavy atom. The minimum atomic E-state index is -0.503. The number of nitrogens with zero attached hydrogens (tertiary/aromatic N) is 1. The normalized spacial score (nSPS) is 13.5. The summed E-state index contributed by atoms with van der Waals surface area (Å²) in [6.07, 6.45) is 0.752. The third-order valence-corrected chi connectivity index (χ3v) is 5.05. The SMILES string of the molecule is COc1cc2c(cc1OC)CN(C(=O)c1cccc(NC(=O)C(C)(C)C)c1)CC2. The number of ether oxygens (including phenoxy) is 2. The van der Waals surface area contributed by atoms with Crippen LogP contribution in [-0.2, 0) is 17.8 Å². The van der Waals surface area contributed by atoms with Crippen molar-refractivity contribution in [1.82, 2.24) is 4.90 Å². The number of hydrogen-bond acceptors (Lipinski definition) is 4. The number of anilines is 1. The average Bonchev–Trinajstić information content (AvgIpc) is 2.71. The van der Waals surface area contributed by atoms with Crippen molar-refractivity contribution < 1.29 is 19.1 Å². The summed E-state index contributed by atoms with van der Waals surface area (Å²) < 4.78 is 10.8. The zero-order chi connectivity index (χ0) is 21.2. The van der Waals surface area contributed by atoms with E-state index in [2.05, 4.69) is 5.32 Å². The fraction of sp³-hybridized carbons (Fsp3) is 0.391. The van der Waals surface area contributed by atoms with E-state index in [1.807, 2.05) is 37.8 Å². The number of nitrogens with one attached hydrogen (secondary N) is 1. The van der Waals surface area contributed by atoms with Gasteiger partial charge in [0.25, 0.3) is 5.91 Å². The molecule has 3 rings (SSSR count). The van der Waals surface area contributed by atoms with Gasteiger partial charge in [-0.3, -0.25) is 9.59 Å². The average molecular weight is 396 g/mol. The molecule has 0 saturated heterocycles. The van der Waals surface area contributed by atoms with E-state index in [4.69, 9.17) is 9.47 Å². The molecule has 0 fully saturated rings. The molecular formula is C23H28N2O4. The first-order chi connectivity index (χ1) is 13.7. The Kier molecular flexibility index (Phi) is 5.82. The van der Waals surface area contributed by atoms with Crippen LogP contribution in [-0.4, -0.2) is 37.5 Å². The summed E-state index contributed by atoms with van der Waals surface area (Å²) >= 11 is 0. The summed E-state index contributed by atoms with van der Waals surface area (Å²) in [7, 11) is 3.22. The van der Waals surface area contributed by atoms with E-state index in [1.54, 1.807) is 38.5 Å². The van der Waals surface area contributed by atoms with Crippen molar-refractivity contribution in [2.45, 2.75) is 33.7 Å². The highest BCUT2D eigenvalue weighted by molar-refractivity contribution is 5.98. The fourth-order valence-corrected chi connectivity index (χ4v) is 3.29. The van der Waals surface area contributed by atoms with Crippen LogP contribution in [0.4, 0.5) is 5.69 Å². The predicted molar refractivity (Wildman–Crippen MR) is 113 cm³/mol. The number of amides is 2. The van der Waals surface area contributed by atoms with Crippen LogP contribution in [0.1, 0.15) is 42.3 Å². The highest BCUT2D eigenvalue weighted by Gasteiger charge is 2.25. The highest BCUT2D eigenvalue weighted by atomic mass is 16.5. The minimum Gasteiger partial charge on any atom is -0.493 e. The van der Waals surface area contributed by atoms with Crippen LogP contribution in [0.25, 0.3) is 0 Å². The van der Waals surface area contributed by atoms with Gasteiger partial charge in [0.2, 0.25) is 5.91 Å². The Morgan fingerprint density at radius 3 is 2.28 bits per heavy atom. The molecule has 29 heavy (non-hydrogen) atoms. The molecule has 0 bridgehead atoms. The lowest BCUT2D eigenvalue weighted by Gasteiger charge is -2.30. The molecule has 0 aliphatic carbocycles. The van der Waals surface area contributed by atoms with Crippen molar-refractivity contribution >= 4 is 17.5 Å². The third kappa shape index (κ3) is 4.53. The van der Waals surface area contributed by atoms with Crippen molar-refractivity contribution in [3.8, 4) is 11.5 Å². The van der Waals surface area contributed by atoms with Gasteiger partial charge in [-0.25, -0.2) is 0 Å².